The molecule has 3 rings (SSSR count). The first-order chi connectivity index (χ1) is 9.91. The molecule has 0 atom stereocenters. The normalized spacial score (nSPS) is 19.5. The summed E-state index contributed by atoms with van der Waals surface area (Å²) in [4.78, 5) is 14.3. The smallest absolute Gasteiger partial charge is 0.258 e. The summed E-state index contributed by atoms with van der Waals surface area (Å²) in [5.41, 5.74) is 3.79. The van der Waals surface area contributed by atoms with Gasteiger partial charge < -0.3 is 4.90 Å². The molecule has 1 saturated heterocycles. The fourth-order valence-corrected chi connectivity index (χ4v) is 3.65. The Morgan fingerprint density at radius 1 is 1.19 bits per heavy atom. The molecule has 1 aromatic carbocycles. The minimum atomic E-state index is -3.14. The lowest BCUT2D eigenvalue weighted by molar-refractivity contribution is 0.0792. The first-order valence-corrected chi connectivity index (χ1v) is 8.82. The second kappa shape index (κ2) is 4.96. The lowest BCUT2D eigenvalue weighted by atomic mass is 9.92. The number of likely N-dealkylation sites (N-methyl/N-ethyl adjacent to an activating group) is 1. The molecule has 21 heavy (non-hydrogen) atoms. The van der Waals surface area contributed by atoms with Crippen molar-refractivity contribution in [1.29, 1.82) is 0 Å². The molecule has 5 nitrogen and oxygen atoms in total. The van der Waals surface area contributed by atoms with E-state index in [0.717, 1.165) is 22.4 Å². The lowest BCUT2D eigenvalue weighted by Crippen LogP contribution is -2.47. The lowest BCUT2D eigenvalue weighted by Gasteiger charge is -2.39. The summed E-state index contributed by atoms with van der Waals surface area (Å²) in [5.74, 6) is 0.0136. The van der Waals surface area contributed by atoms with Crippen LogP contribution in [-0.4, -0.2) is 49.4 Å². The SMILES string of the molecule is CCN1C(=O)c2ccccc2CC1=C1CN(S(C)(=O)=O)C1. The van der Waals surface area contributed by atoms with Crippen LogP contribution in [0.25, 0.3) is 0 Å². The molecule has 2 aliphatic rings. The molecular formula is C15H18N2O3S. The number of nitrogens with zero attached hydrogens (tertiary/aromatic N) is 2. The summed E-state index contributed by atoms with van der Waals surface area (Å²) in [7, 11) is -3.14. The molecule has 112 valence electrons. The number of hydrogen-bond acceptors (Lipinski definition) is 3. The van der Waals surface area contributed by atoms with Crippen LogP contribution in [0.3, 0.4) is 0 Å². The van der Waals surface area contributed by atoms with Crippen LogP contribution in [0.4, 0.5) is 0 Å². The quantitative estimate of drug-likeness (QED) is 0.826. The van der Waals surface area contributed by atoms with Gasteiger partial charge in [0.2, 0.25) is 10.0 Å². The molecule has 0 radical (unpaired) electrons. The van der Waals surface area contributed by atoms with Crippen LogP contribution in [0.15, 0.2) is 35.5 Å². The van der Waals surface area contributed by atoms with Crippen LogP contribution in [0.1, 0.15) is 22.8 Å². The van der Waals surface area contributed by atoms with Crippen molar-refractivity contribution >= 4 is 15.9 Å². The monoisotopic (exact) mass is 306 g/mol. The van der Waals surface area contributed by atoms with Crippen LogP contribution < -0.4 is 0 Å². The third-order valence-corrected chi connectivity index (χ3v) is 5.30. The molecule has 1 fully saturated rings. The first-order valence-electron chi connectivity index (χ1n) is 6.97. The zero-order chi connectivity index (χ0) is 15.2. The highest BCUT2D eigenvalue weighted by molar-refractivity contribution is 7.88. The van der Waals surface area contributed by atoms with Gasteiger partial charge in [0.15, 0.2) is 0 Å². The molecule has 0 aliphatic carbocycles. The van der Waals surface area contributed by atoms with Gasteiger partial charge in [0, 0.05) is 37.3 Å². The highest BCUT2D eigenvalue weighted by Gasteiger charge is 2.35. The molecule has 2 heterocycles. The second-order valence-electron chi connectivity index (χ2n) is 5.46. The fourth-order valence-electron chi connectivity index (χ4n) is 2.87. The molecule has 2 aliphatic heterocycles. The summed E-state index contributed by atoms with van der Waals surface area (Å²) < 4.78 is 24.4. The Morgan fingerprint density at radius 2 is 1.86 bits per heavy atom. The van der Waals surface area contributed by atoms with Gasteiger partial charge in [-0.3, -0.25) is 4.79 Å². The summed E-state index contributed by atoms with van der Waals surface area (Å²) >= 11 is 0. The van der Waals surface area contributed by atoms with Gasteiger partial charge in [-0.25, -0.2) is 8.42 Å². The molecule has 0 bridgehead atoms. The van der Waals surface area contributed by atoms with Gasteiger partial charge in [-0.05, 0) is 24.1 Å². The maximum Gasteiger partial charge on any atom is 0.258 e. The first kappa shape index (κ1) is 14.3. The van der Waals surface area contributed by atoms with Crippen molar-refractivity contribution < 1.29 is 13.2 Å². The van der Waals surface area contributed by atoms with Gasteiger partial charge in [0.25, 0.3) is 5.91 Å². The molecule has 0 unspecified atom stereocenters. The van der Waals surface area contributed by atoms with E-state index in [-0.39, 0.29) is 5.91 Å². The molecule has 0 aromatic heterocycles. The van der Waals surface area contributed by atoms with E-state index in [1.807, 2.05) is 31.2 Å². The van der Waals surface area contributed by atoms with Gasteiger partial charge in [-0.2, -0.15) is 4.31 Å². The number of carbonyl (C=O) groups is 1. The summed E-state index contributed by atoms with van der Waals surface area (Å²) in [6, 6.07) is 7.62. The van der Waals surface area contributed by atoms with Crippen molar-refractivity contribution in [3.05, 3.63) is 46.7 Å². The van der Waals surface area contributed by atoms with Crippen molar-refractivity contribution in [3.8, 4) is 0 Å². The van der Waals surface area contributed by atoms with Gasteiger partial charge in [0.05, 0.1) is 6.26 Å². The van der Waals surface area contributed by atoms with Gasteiger partial charge in [0.1, 0.15) is 0 Å². The molecule has 0 saturated carbocycles. The maximum atomic E-state index is 12.5. The molecule has 0 spiro atoms. The Balaban J connectivity index is 1.96. The molecule has 1 aromatic rings. The van der Waals surface area contributed by atoms with Crippen LogP contribution in [0, 0.1) is 0 Å². The highest BCUT2D eigenvalue weighted by atomic mass is 32.2. The predicted octanol–water partition coefficient (Wildman–Crippen LogP) is 1.23. The molecule has 6 heteroatoms. The zero-order valence-electron chi connectivity index (χ0n) is 12.2. The molecule has 0 N–H and O–H groups in total. The Bertz CT molecular complexity index is 729. The van der Waals surface area contributed by atoms with Crippen LogP contribution in [0.2, 0.25) is 0 Å². The number of fused-ring (bicyclic) bond motifs is 1. The Morgan fingerprint density at radius 3 is 2.48 bits per heavy atom. The Hall–Kier alpha value is -1.66. The highest BCUT2D eigenvalue weighted by Crippen LogP contribution is 2.31. The van der Waals surface area contributed by atoms with Gasteiger partial charge in [-0.15, -0.1) is 0 Å². The molecular weight excluding hydrogens is 288 g/mol. The topological polar surface area (TPSA) is 57.7 Å². The van der Waals surface area contributed by atoms with Crippen molar-refractivity contribution in [2.45, 2.75) is 13.3 Å². The van der Waals surface area contributed by atoms with Crippen molar-refractivity contribution in [1.82, 2.24) is 9.21 Å². The van der Waals surface area contributed by atoms with E-state index in [2.05, 4.69) is 0 Å². The van der Waals surface area contributed by atoms with Crippen LogP contribution in [-0.2, 0) is 16.4 Å². The van der Waals surface area contributed by atoms with E-state index in [9.17, 15) is 13.2 Å². The number of rotatable bonds is 2. The average molecular weight is 306 g/mol. The second-order valence-corrected chi connectivity index (χ2v) is 7.45. The minimum Gasteiger partial charge on any atom is -0.312 e. The number of allylic oxidation sites excluding steroid dienone is 1. The standard InChI is InChI=1S/C15H18N2O3S/c1-3-17-14(12-9-16(10-12)21(2,19)20)8-11-6-4-5-7-13(11)15(17)18/h4-7H,3,8-10H2,1-2H3. The predicted molar refractivity (Wildman–Crippen MR) is 80.3 cm³/mol. The Kier molecular flexibility index (Phi) is 3.37. The van der Waals surface area contributed by atoms with E-state index in [4.69, 9.17) is 0 Å². The summed E-state index contributed by atoms with van der Waals surface area (Å²) in [6.45, 7) is 3.35. The Labute approximate surface area is 124 Å². The number of benzene rings is 1. The molecule has 1 amide bonds. The maximum absolute atomic E-state index is 12.5. The zero-order valence-corrected chi connectivity index (χ0v) is 13.0. The largest absolute Gasteiger partial charge is 0.312 e. The van der Waals surface area contributed by atoms with E-state index < -0.39 is 10.0 Å². The van der Waals surface area contributed by atoms with E-state index in [1.54, 1.807) is 4.90 Å². The van der Waals surface area contributed by atoms with Crippen LogP contribution >= 0.6 is 0 Å². The number of amides is 1. The van der Waals surface area contributed by atoms with E-state index in [1.165, 1.54) is 10.6 Å². The van der Waals surface area contributed by atoms with E-state index in [0.29, 0.717) is 26.1 Å². The number of hydrogen-bond donors (Lipinski definition) is 0. The van der Waals surface area contributed by atoms with Crippen molar-refractivity contribution in [2.75, 3.05) is 25.9 Å². The minimum absolute atomic E-state index is 0.0136. The van der Waals surface area contributed by atoms with Gasteiger partial charge in [-0.1, -0.05) is 18.2 Å². The number of carbonyl (C=O) groups excluding carboxylic acids is 1. The van der Waals surface area contributed by atoms with Crippen LogP contribution in [0.5, 0.6) is 0 Å². The summed E-state index contributed by atoms with van der Waals surface area (Å²) in [6.07, 6.45) is 1.91. The van der Waals surface area contributed by atoms with E-state index >= 15 is 0 Å². The summed E-state index contributed by atoms with van der Waals surface area (Å²) in [5, 5.41) is 0. The van der Waals surface area contributed by atoms with Crippen molar-refractivity contribution in [2.24, 2.45) is 0 Å². The third-order valence-electron chi connectivity index (χ3n) is 4.10. The third kappa shape index (κ3) is 2.38. The van der Waals surface area contributed by atoms with Crippen molar-refractivity contribution in [3.63, 3.8) is 0 Å². The average Bonchev–Trinajstić information content (AvgIpc) is 2.36. The number of sulfonamides is 1. The fraction of sp³-hybridized carbons (Fsp3) is 0.400. The van der Waals surface area contributed by atoms with Gasteiger partial charge >= 0.3 is 0 Å².